The number of para-hydroxylation sites is 2. The van der Waals surface area contributed by atoms with E-state index in [1.807, 2.05) is 30.3 Å². The first kappa shape index (κ1) is 13.7. The highest BCUT2D eigenvalue weighted by molar-refractivity contribution is 7.80. The molecule has 0 amide bonds. The van der Waals surface area contributed by atoms with E-state index in [1.165, 1.54) is 0 Å². The maximum Gasteiger partial charge on any atom is 0.123 e. The highest BCUT2D eigenvalue weighted by Crippen LogP contribution is 2.19. The number of aromatic nitrogens is 3. The molecule has 0 radical (unpaired) electrons. The zero-order valence-corrected chi connectivity index (χ0v) is 12.6. The number of nitrogens with two attached hydrogens (primary N) is 1. The molecule has 3 rings (SSSR count). The Labute approximate surface area is 128 Å². The third-order valence-corrected chi connectivity index (χ3v) is 3.70. The molecule has 21 heavy (non-hydrogen) atoms. The van der Waals surface area contributed by atoms with E-state index in [4.69, 9.17) is 18.0 Å². The van der Waals surface area contributed by atoms with Crippen molar-refractivity contribution in [1.29, 1.82) is 0 Å². The summed E-state index contributed by atoms with van der Waals surface area (Å²) in [5, 5.41) is 0. The number of rotatable bonds is 4. The number of nitrogens with zero attached hydrogens (tertiary/aromatic N) is 3. The molecule has 2 aromatic heterocycles. The van der Waals surface area contributed by atoms with Crippen molar-refractivity contribution in [3.8, 4) is 0 Å². The molecule has 0 saturated heterocycles. The van der Waals surface area contributed by atoms with Gasteiger partial charge in [-0.2, -0.15) is 0 Å². The fourth-order valence-electron chi connectivity index (χ4n) is 2.53. The van der Waals surface area contributed by atoms with Gasteiger partial charge in [0, 0.05) is 18.2 Å². The Hall–Kier alpha value is -2.27. The molecule has 0 unspecified atom stereocenters. The molecule has 2 heterocycles. The summed E-state index contributed by atoms with van der Waals surface area (Å²) < 4.78 is 2.20. The van der Waals surface area contributed by atoms with Crippen molar-refractivity contribution in [2.75, 3.05) is 0 Å². The van der Waals surface area contributed by atoms with Gasteiger partial charge in [-0.25, -0.2) is 4.98 Å². The van der Waals surface area contributed by atoms with Crippen LogP contribution in [0.25, 0.3) is 11.0 Å². The van der Waals surface area contributed by atoms with E-state index >= 15 is 0 Å². The zero-order chi connectivity index (χ0) is 14.8. The van der Waals surface area contributed by atoms with Crippen LogP contribution < -0.4 is 5.73 Å². The number of fused-ring (bicyclic) bond motifs is 1. The van der Waals surface area contributed by atoms with E-state index < -0.39 is 0 Å². The highest BCUT2D eigenvalue weighted by Gasteiger charge is 2.12. The third-order valence-electron chi connectivity index (χ3n) is 3.50. The van der Waals surface area contributed by atoms with Crippen LogP contribution in [0.15, 0.2) is 42.6 Å². The maximum absolute atomic E-state index is 5.77. The molecule has 0 bridgehead atoms. The first-order valence-corrected chi connectivity index (χ1v) is 7.29. The van der Waals surface area contributed by atoms with Crippen LogP contribution in [0.1, 0.15) is 24.0 Å². The van der Waals surface area contributed by atoms with Crippen LogP contribution in [0.2, 0.25) is 0 Å². The van der Waals surface area contributed by atoms with Gasteiger partial charge in [-0.1, -0.05) is 37.3 Å². The van der Waals surface area contributed by atoms with Crippen molar-refractivity contribution in [3.05, 3.63) is 59.7 Å². The second-order valence-corrected chi connectivity index (χ2v) is 5.27. The molecular formula is C16H16N4S. The summed E-state index contributed by atoms with van der Waals surface area (Å²) in [4.78, 5) is 9.30. The summed E-state index contributed by atoms with van der Waals surface area (Å²) in [6.45, 7) is 2.78. The Morgan fingerprint density at radius 1 is 1.24 bits per heavy atom. The van der Waals surface area contributed by atoms with Crippen LogP contribution in [0, 0.1) is 0 Å². The van der Waals surface area contributed by atoms with Gasteiger partial charge in [0.1, 0.15) is 16.5 Å². The number of benzene rings is 1. The van der Waals surface area contributed by atoms with E-state index in [9.17, 15) is 0 Å². The Kier molecular flexibility index (Phi) is 3.66. The molecule has 0 aliphatic heterocycles. The second kappa shape index (κ2) is 5.61. The fourth-order valence-corrected chi connectivity index (χ4v) is 2.71. The van der Waals surface area contributed by atoms with Crippen molar-refractivity contribution in [2.24, 2.45) is 5.73 Å². The highest BCUT2D eigenvalue weighted by atomic mass is 32.1. The molecule has 0 fully saturated rings. The zero-order valence-electron chi connectivity index (χ0n) is 11.8. The van der Waals surface area contributed by atoms with Gasteiger partial charge in [0.2, 0.25) is 0 Å². The molecule has 106 valence electrons. The number of pyridine rings is 1. The van der Waals surface area contributed by atoms with Crippen LogP contribution in [0.5, 0.6) is 0 Å². The predicted octanol–water partition coefficient (Wildman–Crippen LogP) is 2.68. The van der Waals surface area contributed by atoms with Gasteiger partial charge in [0.15, 0.2) is 0 Å². The quantitative estimate of drug-likeness (QED) is 0.752. The number of hydrogen-bond donors (Lipinski definition) is 1. The molecule has 0 aliphatic carbocycles. The SMILES string of the molecule is CCc1nc2ccccc2n1Cc1cccnc1C(N)=S. The van der Waals surface area contributed by atoms with Crippen LogP contribution >= 0.6 is 12.2 Å². The molecule has 0 atom stereocenters. The third kappa shape index (κ3) is 2.52. The summed E-state index contributed by atoms with van der Waals surface area (Å²) in [5.74, 6) is 1.05. The summed E-state index contributed by atoms with van der Waals surface area (Å²) in [6.07, 6.45) is 2.59. The molecule has 0 aliphatic rings. The lowest BCUT2D eigenvalue weighted by molar-refractivity contribution is 0.749. The van der Waals surface area contributed by atoms with Crippen molar-refractivity contribution in [3.63, 3.8) is 0 Å². The first-order chi connectivity index (χ1) is 10.2. The van der Waals surface area contributed by atoms with E-state index in [2.05, 4.69) is 27.5 Å². The predicted molar refractivity (Wildman–Crippen MR) is 88.3 cm³/mol. The molecule has 4 nitrogen and oxygen atoms in total. The summed E-state index contributed by atoms with van der Waals surface area (Å²) >= 11 is 5.09. The minimum Gasteiger partial charge on any atom is -0.388 e. The minimum atomic E-state index is 0.327. The Bertz CT molecular complexity index is 807. The minimum absolute atomic E-state index is 0.327. The molecular weight excluding hydrogens is 280 g/mol. The Morgan fingerprint density at radius 3 is 2.81 bits per heavy atom. The smallest absolute Gasteiger partial charge is 0.123 e. The van der Waals surface area contributed by atoms with Crippen LogP contribution in [-0.2, 0) is 13.0 Å². The van der Waals surface area contributed by atoms with E-state index in [-0.39, 0.29) is 0 Å². The van der Waals surface area contributed by atoms with Crippen LogP contribution in [0.4, 0.5) is 0 Å². The standard InChI is InChI=1S/C16H16N4S/c1-2-14-19-12-7-3-4-8-13(12)20(14)10-11-6-5-9-18-15(11)16(17)21/h3-9H,2,10H2,1H3,(H2,17,21). The summed E-state index contributed by atoms with van der Waals surface area (Å²) in [5.41, 5.74) is 9.60. The fraction of sp³-hybridized carbons (Fsp3) is 0.188. The second-order valence-electron chi connectivity index (χ2n) is 4.83. The summed E-state index contributed by atoms with van der Waals surface area (Å²) in [6, 6.07) is 12.1. The van der Waals surface area contributed by atoms with Gasteiger partial charge in [-0.05, 0) is 18.2 Å². The molecule has 0 saturated carbocycles. The van der Waals surface area contributed by atoms with Crippen molar-refractivity contribution >= 4 is 28.2 Å². The average molecular weight is 296 g/mol. The number of thiocarbonyl (C=S) groups is 1. The van der Waals surface area contributed by atoms with Gasteiger partial charge in [-0.15, -0.1) is 0 Å². The monoisotopic (exact) mass is 296 g/mol. The lowest BCUT2D eigenvalue weighted by atomic mass is 10.2. The van der Waals surface area contributed by atoms with E-state index in [0.717, 1.165) is 28.8 Å². The molecule has 3 aromatic rings. The van der Waals surface area contributed by atoms with Gasteiger partial charge in [0.25, 0.3) is 0 Å². The average Bonchev–Trinajstić information content (AvgIpc) is 2.86. The molecule has 2 N–H and O–H groups in total. The lowest BCUT2D eigenvalue weighted by Crippen LogP contribution is -2.16. The van der Waals surface area contributed by atoms with E-state index in [1.54, 1.807) is 6.20 Å². The summed E-state index contributed by atoms with van der Waals surface area (Å²) in [7, 11) is 0. The van der Waals surface area contributed by atoms with Crippen LogP contribution in [-0.4, -0.2) is 19.5 Å². The Morgan fingerprint density at radius 2 is 2.05 bits per heavy atom. The van der Waals surface area contributed by atoms with Gasteiger partial charge in [-0.3, -0.25) is 4.98 Å². The number of imidazole rings is 1. The van der Waals surface area contributed by atoms with Crippen molar-refractivity contribution < 1.29 is 0 Å². The lowest BCUT2D eigenvalue weighted by Gasteiger charge is -2.11. The van der Waals surface area contributed by atoms with Crippen LogP contribution in [0.3, 0.4) is 0 Å². The van der Waals surface area contributed by atoms with E-state index in [0.29, 0.717) is 17.2 Å². The first-order valence-electron chi connectivity index (χ1n) is 6.88. The molecule has 5 heteroatoms. The topological polar surface area (TPSA) is 56.7 Å². The normalized spacial score (nSPS) is 10.9. The maximum atomic E-state index is 5.77. The van der Waals surface area contributed by atoms with Gasteiger partial charge in [0.05, 0.1) is 17.6 Å². The van der Waals surface area contributed by atoms with Gasteiger partial charge >= 0.3 is 0 Å². The molecule has 1 aromatic carbocycles. The number of hydrogen-bond acceptors (Lipinski definition) is 3. The Balaban J connectivity index is 2.12. The van der Waals surface area contributed by atoms with Crippen molar-refractivity contribution in [2.45, 2.75) is 19.9 Å². The number of aryl methyl sites for hydroxylation is 1. The molecule has 0 spiro atoms. The van der Waals surface area contributed by atoms with Crippen molar-refractivity contribution in [1.82, 2.24) is 14.5 Å². The van der Waals surface area contributed by atoms with Gasteiger partial charge < -0.3 is 10.3 Å². The largest absolute Gasteiger partial charge is 0.388 e.